The van der Waals surface area contributed by atoms with Gasteiger partial charge in [0.25, 0.3) is 0 Å². The minimum atomic E-state index is 0.252. The van der Waals surface area contributed by atoms with E-state index < -0.39 is 0 Å². The molecule has 0 saturated carbocycles. The molecule has 0 rings (SSSR count). The predicted octanol–water partition coefficient (Wildman–Crippen LogP) is 0.942. The van der Waals surface area contributed by atoms with Crippen LogP contribution >= 0.6 is 0 Å². The van der Waals surface area contributed by atoms with E-state index in [0.29, 0.717) is 19.2 Å². The highest BCUT2D eigenvalue weighted by Crippen LogP contribution is 1.89. The maximum Gasteiger partial charge on any atom is 0.131 e. The largest absolute Gasteiger partial charge is 0.300 e. The molecule has 7 heavy (non-hydrogen) atoms. The fourth-order valence-electron chi connectivity index (χ4n) is 0.338. The summed E-state index contributed by atoms with van der Waals surface area (Å²) in [5.74, 6) is 0.252. The molecule has 0 aliphatic heterocycles. The van der Waals surface area contributed by atoms with Crippen LogP contribution in [-0.4, -0.2) is 13.6 Å². The Labute approximate surface area is 45.5 Å². The van der Waals surface area contributed by atoms with Crippen LogP contribution in [0.3, 0.4) is 0 Å². The van der Waals surface area contributed by atoms with Crippen LogP contribution in [0.25, 0.3) is 0 Å². The van der Waals surface area contributed by atoms with E-state index in [0.717, 1.165) is 0 Å². The van der Waals surface area contributed by atoms with Gasteiger partial charge in [-0.25, -0.2) is 0 Å². The lowest BCUT2D eigenvalue weighted by molar-refractivity contribution is -0.118. The monoisotopic (exact) mass is 96.1 g/mol. The van der Waals surface area contributed by atoms with E-state index in [2.05, 4.69) is 0 Å². The second-order valence-electron chi connectivity index (χ2n) is 1.43. The maximum atomic E-state index is 10.3. The van der Waals surface area contributed by atoms with Gasteiger partial charge in [0, 0.05) is 6.42 Å². The minimum Gasteiger partial charge on any atom is -0.300 e. The Morgan fingerprint density at radius 2 is 2.29 bits per heavy atom. The van der Waals surface area contributed by atoms with Gasteiger partial charge >= 0.3 is 0 Å². The number of carbonyl (C=O) groups is 1. The summed E-state index contributed by atoms with van der Waals surface area (Å²) < 4.78 is 0. The van der Waals surface area contributed by atoms with Crippen molar-refractivity contribution >= 4 is 13.6 Å². The molecular formula is C5H9BO. The number of hydrogen-bond acceptors (Lipinski definition) is 1. The molecule has 0 fully saturated rings. The van der Waals surface area contributed by atoms with Crippen molar-refractivity contribution in [2.45, 2.75) is 26.1 Å². The van der Waals surface area contributed by atoms with E-state index in [9.17, 15) is 4.79 Å². The average Bonchev–Trinajstić information content (AvgIpc) is 1.68. The number of ketones is 1. The van der Waals surface area contributed by atoms with Gasteiger partial charge in [-0.05, 0) is 6.42 Å². The van der Waals surface area contributed by atoms with Gasteiger partial charge in [0.15, 0.2) is 0 Å². The Kier molecular flexibility index (Phi) is 3.76. The fraction of sp³-hybridized carbons (Fsp3) is 0.800. The molecule has 0 aromatic heterocycles. The molecule has 0 saturated heterocycles. The lowest BCUT2D eigenvalue weighted by Crippen LogP contribution is -1.92. The second kappa shape index (κ2) is 3.91. The normalized spacial score (nSPS) is 8.71. The molecule has 0 aliphatic rings. The summed E-state index contributed by atoms with van der Waals surface area (Å²) in [6, 6.07) is 0. The zero-order valence-corrected chi connectivity index (χ0v) is 4.61. The molecular weight excluding hydrogens is 86.9 g/mol. The highest BCUT2D eigenvalue weighted by molar-refractivity contribution is 6.10. The maximum absolute atomic E-state index is 10.3. The molecule has 2 heteroatoms. The second-order valence-corrected chi connectivity index (χ2v) is 1.43. The van der Waals surface area contributed by atoms with Gasteiger partial charge in [0.2, 0.25) is 0 Å². The van der Waals surface area contributed by atoms with Crippen LogP contribution in [0.5, 0.6) is 0 Å². The Morgan fingerprint density at radius 1 is 1.71 bits per heavy atom. The van der Waals surface area contributed by atoms with Crippen molar-refractivity contribution in [3.63, 3.8) is 0 Å². The smallest absolute Gasteiger partial charge is 0.131 e. The van der Waals surface area contributed by atoms with Crippen molar-refractivity contribution in [1.29, 1.82) is 0 Å². The minimum absolute atomic E-state index is 0.252. The number of carbonyl (C=O) groups excluding carboxylic acids is 1. The van der Waals surface area contributed by atoms with Crippen LogP contribution in [0, 0.1) is 0 Å². The number of rotatable bonds is 3. The molecule has 2 radical (unpaired) electrons. The van der Waals surface area contributed by atoms with Crippen molar-refractivity contribution < 1.29 is 4.79 Å². The topological polar surface area (TPSA) is 17.1 Å². The molecule has 0 amide bonds. The van der Waals surface area contributed by atoms with Gasteiger partial charge in [-0.3, -0.25) is 4.79 Å². The molecule has 0 unspecified atom stereocenters. The van der Waals surface area contributed by atoms with Crippen LogP contribution < -0.4 is 0 Å². The third kappa shape index (κ3) is 3.57. The van der Waals surface area contributed by atoms with E-state index in [1.54, 1.807) is 0 Å². The Bertz CT molecular complexity index is 61.1. The van der Waals surface area contributed by atoms with Crippen LogP contribution in [0.1, 0.15) is 19.8 Å². The predicted molar refractivity (Wildman–Crippen MR) is 30.5 cm³/mol. The average molecular weight is 95.9 g/mol. The molecule has 1 nitrogen and oxygen atoms in total. The lowest BCUT2D eigenvalue weighted by atomic mass is 9.99. The summed E-state index contributed by atoms with van der Waals surface area (Å²) in [5, 5.41) is 0. The first-order valence-corrected chi connectivity index (χ1v) is 2.53. The van der Waals surface area contributed by atoms with Gasteiger partial charge in [0.1, 0.15) is 5.78 Å². The molecule has 0 N–H and O–H groups in total. The van der Waals surface area contributed by atoms with Crippen molar-refractivity contribution in [1.82, 2.24) is 0 Å². The Hall–Kier alpha value is -0.265. The summed E-state index contributed by atoms with van der Waals surface area (Å²) in [6.07, 6.45) is 1.65. The van der Waals surface area contributed by atoms with Crippen molar-refractivity contribution in [3.8, 4) is 0 Å². The van der Waals surface area contributed by atoms with Crippen LogP contribution in [-0.2, 0) is 4.79 Å². The Morgan fingerprint density at radius 3 is 2.43 bits per heavy atom. The van der Waals surface area contributed by atoms with E-state index in [4.69, 9.17) is 7.85 Å². The third-order valence-electron chi connectivity index (χ3n) is 0.818. The molecule has 0 bridgehead atoms. The Balaban J connectivity index is 3.00. The first-order valence-electron chi connectivity index (χ1n) is 2.53. The molecule has 0 spiro atoms. The molecule has 0 heterocycles. The third-order valence-corrected chi connectivity index (χ3v) is 0.818. The summed E-state index contributed by atoms with van der Waals surface area (Å²) >= 11 is 0. The first-order chi connectivity index (χ1) is 3.31. The van der Waals surface area contributed by atoms with E-state index in [1.165, 1.54) is 0 Å². The quantitative estimate of drug-likeness (QED) is 0.478. The standard InChI is InChI=1S/C5H9BO/c1-2-5(7)3-4-6/h2-4H2,1H3. The van der Waals surface area contributed by atoms with Gasteiger partial charge < -0.3 is 0 Å². The van der Waals surface area contributed by atoms with Gasteiger partial charge in [0.05, 0.1) is 7.85 Å². The van der Waals surface area contributed by atoms with Gasteiger partial charge in [-0.1, -0.05) is 13.2 Å². The molecule has 0 aromatic rings. The molecule has 0 aliphatic carbocycles. The van der Waals surface area contributed by atoms with Crippen LogP contribution in [0.2, 0.25) is 6.32 Å². The van der Waals surface area contributed by atoms with Crippen LogP contribution in [0.15, 0.2) is 0 Å². The van der Waals surface area contributed by atoms with Crippen LogP contribution in [0.4, 0.5) is 0 Å². The summed E-state index contributed by atoms with van der Waals surface area (Å²) in [4.78, 5) is 10.3. The van der Waals surface area contributed by atoms with Gasteiger partial charge in [-0.2, -0.15) is 0 Å². The summed E-state index contributed by atoms with van der Waals surface area (Å²) in [5.41, 5.74) is 0. The first kappa shape index (κ1) is 6.73. The molecule has 0 aromatic carbocycles. The number of Topliss-reactive ketones (excluding diaryl/α,β-unsaturated/α-hetero) is 1. The lowest BCUT2D eigenvalue weighted by Gasteiger charge is -1.87. The molecule has 0 atom stereocenters. The van der Waals surface area contributed by atoms with E-state index >= 15 is 0 Å². The van der Waals surface area contributed by atoms with Crippen molar-refractivity contribution in [2.75, 3.05) is 0 Å². The zero-order chi connectivity index (χ0) is 5.70. The molecule has 38 valence electrons. The summed E-state index contributed by atoms with van der Waals surface area (Å²) in [7, 11) is 5.08. The number of hydrogen-bond donors (Lipinski definition) is 0. The summed E-state index contributed by atoms with van der Waals surface area (Å²) in [6.45, 7) is 1.85. The van der Waals surface area contributed by atoms with E-state index in [1.807, 2.05) is 6.92 Å². The van der Waals surface area contributed by atoms with E-state index in [-0.39, 0.29) is 5.78 Å². The highest BCUT2D eigenvalue weighted by atomic mass is 16.1. The fourth-order valence-corrected chi connectivity index (χ4v) is 0.338. The van der Waals surface area contributed by atoms with Gasteiger partial charge in [-0.15, -0.1) is 0 Å². The van der Waals surface area contributed by atoms with Crippen molar-refractivity contribution in [2.24, 2.45) is 0 Å². The SMILES string of the molecule is [B]CCC(=O)CC. The van der Waals surface area contributed by atoms with Crippen molar-refractivity contribution in [3.05, 3.63) is 0 Å². The zero-order valence-electron chi connectivity index (χ0n) is 4.61. The highest BCUT2D eigenvalue weighted by Gasteiger charge is 1.91.